The van der Waals surface area contributed by atoms with Crippen molar-refractivity contribution in [1.29, 1.82) is 0 Å². The van der Waals surface area contributed by atoms with Crippen molar-refractivity contribution in [2.45, 2.75) is 30.7 Å². The largest absolute Gasteiger partial charge is 0.322 e. The molecule has 0 saturated carbocycles. The third-order valence-electron chi connectivity index (χ3n) is 3.92. The Labute approximate surface area is 140 Å². The zero-order chi connectivity index (χ0) is 17.3. The van der Waals surface area contributed by atoms with E-state index in [2.05, 4.69) is 5.32 Å². The van der Waals surface area contributed by atoms with Crippen molar-refractivity contribution in [3.63, 3.8) is 0 Å². The molecule has 2 aromatic carbocycles. The minimum atomic E-state index is -3.99. The Hall–Kier alpha value is -2.41. The van der Waals surface area contributed by atoms with Crippen molar-refractivity contribution in [3.05, 3.63) is 54.3 Å². The minimum absolute atomic E-state index is 0.0468. The second kappa shape index (κ2) is 6.24. The number of benzene rings is 2. The van der Waals surface area contributed by atoms with E-state index in [0.29, 0.717) is 24.2 Å². The van der Waals surface area contributed by atoms with E-state index in [1.54, 1.807) is 24.3 Å². The predicted molar refractivity (Wildman–Crippen MR) is 89.8 cm³/mol. The van der Waals surface area contributed by atoms with Crippen LogP contribution in [0.15, 0.2) is 53.4 Å². The van der Waals surface area contributed by atoms with Gasteiger partial charge in [0.05, 0.1) is 16.3 Å². The SMILES string of the molecule is CCC[C@H]1C(=O)Nc2ccccc2N1S(=O)(=O)c1ccc(F)cc1. The molecule has 1 amide bonds. The van der Waals surface area contributed by atoms with Gasteiger partial charge in [0.2, 0.25) is 5.91 Å². The van der Waals surface area contributed by atoms with Gasteiger partial charge in [-0.05, 0) is 42.8 Å². The van der Waals surface area contributed by atoms with Gasteiger partial charge in [-0.15, -0.1) is 0 Å². The van der Waals surface area contributed by atoms with Crippen LogP contribution in [-0.2, 0) is 14.8 Å². The van der Waals surface area contributed by atoms with Crippen LogP contribution < -0.4 is 9.62 Å². The normalized spacial score (nSPS) is 17.3. The van der Waals surface area contributed by atoms with Gasteiger partial charge >= 0.3 is 0 Å². The topological polar surface area (TPSA) is 66.5 Å². The van der Waals surface area contributed by atoms with E-state index in [0.717, 1.165) is 16.4 Å². The number of sulfonamides is 1. The number of hydrogen-bond donors (Lipinski definition) is 1. The Balaban J connectivity index is 2.17. The summed E-state index contributed by atoms with van der Waals surface area (Å²) in [6.45, 7) is 1.89. The highest BCUT2D eigenvalue weighted by molar-refractivity contribution is 7.93. The van der Waals surface area contributed by atoms with E-state index in [-0.39, 0.29) is 10.8 Å². The Morgan fingerprint density at radius 2 is 1.79 bits per heavy atom. The number of amides is 1. The first-order chi connectivity index (χ1) is 11.4. The monoisotopic (exact) mass is 348 g/mol. The van der Waals surface area contributed by atoms with Crippen molar-refractivity contribution < 1.29 is 17.6 Å². The van der Waals surface area contributed by atoms with Gasteiger partial charge in [-0.2, -0.15) is 0 Å². The van der Waals surface area contributed by atoms with Crippen LogP contribution in [-0.4, -0.2) is 20.4 Å². The Kier molecular flexibility index (Phi) is 4.28. The number of halogens is 1. The molecule has 0 radical (unpaired) electrons. The second-order valence-electron chi connectivity index (χ2n) is 5.57. The van der Waals surface area contributed by atoms with Crippen LogP contribution in [0.25, 0.3) is 0 Å². The van der Waals surface area contributed by atoms with Gasteiger partial charge in [0.25, 0.3) is 10.0 Å². The molecule has 7 heteroatoms. The molecule has 0 unspecified atom stereocenters. The highest BCUT2D eigenvalue weighted by atomic mass is 32.2. The molecule has 1 heterocycles. The predicted octanol–water partition coefficient (Wildman–Crippen LogP) is 3.14. The van der Waals surface area contributed by atoms with E-state index in [4.69, 9.17) is 0 Å². The summed E-state index contributed by atoms with van der Waals surface area (Å²) in [5.41, 5.74) is 0.861. The Morgan fingerprint density at radius 3 is 2.46 bits per heavy atom. The summed E-state index contributed by atoms with van der Waals surface area (Å²) in [5, 5.41) is 2.75. The molecular weight excluding hydrogens is 331 g/mol. The molecular formula is C17H17FN2O3S. The van der Waals surface area contributed by atoms with Gasteiger partial charge in [0.15, 0.2) is 0 Å². The minimum Gasteiger partial charge on any atom is -0.322 e. The number of anilines is 2. The lowest BCUT2D eigenvalue weighted by molar-refractivity contribution is -0.117. The maximum Gasteiger partial charge on any atom is 0.265 e. The molecule has 0 saturated heterocycles. The first kappa shape index (κ1) is 16.4. The van der Waals surface area contributed by atoms with Crippen LogP contribution >= 0.6 is 0 Å². The summed E-state index contributed by atoms with van der Waals surface area (Å²) in [4.78, 5) is 12.4. The summed E-state index contributed by atoms with van der Waals surface area (Å²) in [6.07, 6.45) is 1.04. The van der Waals surface area contributed by atoms with Crippen molar-refractivity contribution in [2.24, 2.45) is 0 Å². The summed E-state index contributed by atoms with van der Waals surface area (Å²) in [5.74, 6) is -0.878. The summed E-state index contributed by atoms with van der Waals surface area (Å²) in [7, 11) is -3.99. The number of para-hydroxylation sites is 2. The lowest BCUT2D eigenvalue weighted by Gasteiger charge is -2.36. The van der Waals surface area contributed by atoms with Gasteiger partial charge in [-0.25, -0.2) is 12.8 Å². The standard InChI is InChI=1S/C17H17FN2O3S/c1-2-5-16-17(21)19-14-6-3-4-7-15(14)20(16)24(22,23)13-10-8-12(18)9-11-13/h3-4,6-11,16H,2,5H2,1H3,(H,19,21)/t16-/m0/s1. The van der Waals surface area contributed by atoms with Crippen LogP contribution in [0.1, 0.15) is 19.8 Å². The number of nitrogens with one attached hydrogen (secondary N) is 1. The molecule has 1 aliphatic heterocycles. The molecule has 2 aromatic rings. The quantitative estimate of drug-likeness (QED) is 0.923. The summed E-state index contributed by atoms with van der Waals surface area (Å²) >= 11 is 0. The van der Waals surface area contributed by atoms with Gasteiger partial charge in [0.1, 0.15) is 11.9 Å². The maximum atomic E-state index is 13.1. The fourth-order valence-electron chi connectivity index (χ4n) is 2.80. The van der Waals surface area contributed by atoms with Crippen molar-refractivity contribution in [1.82, 2.24) is 0 Å². The van der Waals surface area contributed by atoms with E-state index in [9.17, 15) is 17.6 Å². The fourth-order valence-corrected chi connectivity index (χ4v) is 4.46. The van der Waals surface area contributed by atoms with Crippen LogP contribution in [0.4, 0.5) is 15.8 Å². The van der Waals surface area contributed by atoms with E-state index in [1.165, 1.54) is 12.1 Å². The van der Waals surface area contributed by atoms with Gasteiger partial charge in [-0.3, -0.25) is 9.10 Å². The van der Waals surface area contributed by atoms with Crippen molar-refractivity contribution in [3.8, 4) is 0 Å². The fraction of sp³-hybridized carbons (Fsp3) is 0.235. The second-order valence-corrected chi connectivity index (χ2v) is 7.38. The first-order valence-electron chi connectivity index (χ1n) is 7.65. The molecule has 0 aromatic heterocycles. The molecule has 1 N–H and O–H groups in total. The molecule has 0 aliphatic carbocycles. The van der Waals surface area contributed by atoms with Crippen molar-refractivity contribution in [2.75, 3.05) is 9.62 Å². The highest BCUT2D eigenvalue weighted by Crippen LogP contribution is 2.37. The number of rotatable bonds is 4. The maximum absolute atomic E-state index is 13.1. The summed E-state index contributed by atoms with van der Waals surface area (Å²) < 4.78 is 40.5. The molecule has 5 nitrogen and oxygen atoms in total. The third kappa shape index (κ3) is 2.75. The first-order valence-corrected chi connectivity index (χ1v) is 9.09. The number of hydrogen-bond acceptors (Lipinski definition) is 3. The van der Waals surface area contributed by atoms with E-state index >= 15 is 0 Å². The zero-order valence-corrected chi connectivity index (χ0v) is 13.9. The molecule has 24 heavy (non-hydrogen) atoms. The summed E-state index contributed by atoms with van der Waals surface area (Å²) in [6, 6.07) is 10.5. The van der Waals surface area contributed by atoms with Gasteiger partial charge < -0.3 is 5.32 Å². The Morgan fingerprint density at radius 1 is 1.12 bits per heavy atom. The average Bonchev–Trinajstić information content (AvgIpc) is 2.56. The number of fused-ring (bicyclic) bond motifs is 1. The lowest BCUT2D eigenvalue weighted by atomic mass is 10.1. The molecule has 0 spiro atoms. The average molecular weight is 348 g/mol. The number of nitrogens with zero attached hydrogens (tertiary/aromatic N) is 1. The van der Waals surface area contributed by atoms with Gasteiger partial charge in [0, 0.05) is 0 Å². The molecule has 1 aliphatic rings. The number of carbonyl (C=O) groups is 1. The highest BCUT2D eigenvalue weighted by Gasteiger charge is 2.40. The Bertz CT molecular complexity index is 866. The molecule has 0 fully saturated rings. The van der Waals surface area contributed by atoms with Crippen LogP contribution in [0.5, 0.6) is 0 Å². The van der Waals surface area contributed by atoms with Crippen LogP contribution in [0.3, 0.4) is 0 Å². The van der Waals surface area contributed by atoms with Crippen LogP contribution in [0.2, 0.25) is 0 Å². The van der Waals surface area contributed by atoms with Gasteiger partial charge in [-0.1, -0.05) is 25.5 Å². The molecule has 0 bridgehead atoms. The molecule has 126 valence electrons. The third-order valence-corrected chi connectivity index (χ3v) is 5.75. The van der Waals surface area contributed by atoms with E-state index in [1.807, 2.05) is 6.92 Å². The van der Waals surface area contributed by atoms with Crippen molar-refractivity contribution >= 4 is 27.3 Å². The lowest BCUT2D eigenvalue weighted by Crippen LogP contribution is -2.50. The van der Waals surface area contributed by atoms with E-state index < -0.39 is 21.9 Å². The molecule has 1 atom stereocenters. The van der Waals surface area contributed by atoms with Crippen LogP contribution in [0, 0.1) is 5.82 Å². The smallest absolute Gasteiger partial charge is 0.265 e. The number of carbonyl (C=O) groups excluding carboxylic acids is 1. The molecule has 3 rings (SSSR count). The zero-order valence-electron chi connectivity index (χ0n) is 13.1.